The predicted octanol–water partition coefficient (Wildman–Crippen LogP) is 1.75. The quantitative estimate of drug-likeness (QED) is 0.909. The highest BCUT2D eigenvalue weighted by Gasteiger charge is 2.29. The molecule has 0 bridgehead atoms. The Morgan fingerprint density at radius 3 is 2.63 bits per heavy atom. The van der Waals surface area contributed by atoms with E-state index in [2.05, 4.69) is 15.9 Å². The Labute approximate surface area is 118 Å². The van der Waals surface area contributed by atoms with Gasteiger partial charge in [0.2, 0.25) is 0 Å². The number of hydrogen-bond acceptors (Lipinski definition) is 4. The van der Waals surface area contributed by atoms with E-state index < -0.39 is 5.97 Å². The number of furan rings is 1. The molecule has 1 N–H and O–H groups in total. The molecule has 0 aromatic carbocycles. The number of ether oxygens (including phenoxy) is 1. The summed E-state index contributed by atoms with van der Waals surface area (Å²) in [6, 6.07) is 1.43. The van der Waals surface area contributed by atoms with Crippen LogP contribution in [-0.4, -0.2) is 47.7 Å². The van der Waals surface area contributed by atoms with Crippen LogP contribution in [0.1, 0.15) is 23.2 Å². The van der Waals surface area contributed by atoms with Crippen molar-refractivity contribution in [2.24, 2.45) is 0 Å². The van der Waals surface area contributed by atoms with Crippen molar-refractivity contribution in [1.29, 1.82) is 0 Å². The lowest BCUT2D eigenvalue weighted by Gasteiger charge is -2.32. The van der Waals surface area contributed by atoms with Crippen LogP contribution in [0.5, 0.6) is 0 Å². The number of carbonyl (C=O) groups is 2. The lowest BCUT2D eigenvalue weighted by atomic mass is 10.1. The molecule has 19 heavy (non-hydrogen) atoms. The monoisotopic (exact) mass is 331 g/mol. The molecule has 0 spiro atoms. The van der Waals surface area contributed by atoms with Crippen molar-refractivity contribution in [1.82, 2.24) is 4.90 Å². The first-order valence-corrected chi connectivity index (χ1v) is 6.72. The molecule has 0 aliphatic carbocycles. The third-order valence-corrected chi connectivity index (χ3v) is 3.43. The molecule has 0 saturated carbocycles. The maximum absolute atomic E-state index is 12.3. The molecule has 2 heterocycles. The van der Waals surface area contributed by atoms with E-state index in [9.17, 15) is 9.59 Å². The molecule has 6 nitrogen and oxygen atoms in total. The average Bonchev–Trinajstić information content (AvgIpc) is 2.83. The molecule has 1 saturated heterocycles. The van der Waals surface area contributed by atoms with Crippen LogP contribution in [0.15, 0.2) is 21.4 Å². The molecule has 0 unspecified atom stereocenters. The van der Waals surface area contributed by atoms with Crippen LogP contribution in [-0.2, 0) is 9.53 Å². The van der Waals surface area contributed by atoms with Crippen molar-refractivity contribution in [3.63, 3.8) is 0 Å². The first kappa shape index (κ1) is 14.1. The summed E-state index contributed by atoms with van der Waals surface area (Å²) in [5.41, 5.74) is 0.347. The average molecular weight is 332 g/mol. The summed E-state index contributed by atoms with van der Waals surface area (Å²) in [7, 11) is 0. The molecule has 1 aliphatic heterocycles. The summed E-state index contributed by atoms with van der Waals surface area (Å²) in [6.45, 7) is 0.776. The van der Waals surface area contributed by atoms with E-state index >= 15 is 0 Å². The summed E-state index contributed by atoms with van der Waals surface area (Å²) in [5.74, 6) is -1.36. The van der Waals surface area contributed by atoms with Crippen molar-refractivity contribution in [2.45, 2.75) is 18.9 Å². The molecule has 1 aromatic rings. The largest absolute Gasteiger partial charge is 0.480 e. The highest BCUT2D eigenvalue weighted by molar-refractivity contribution is 9.10. The number of carbonyl (C=O) groups excluding carboxylic acids is 1. The number of carboxylic acid groups (broad SMARTS) is 1. The number of rotatable bonds is 4. The molecule has 1 amide bonds. The Morgan fingerprint density at radius 2 is 2.11 bits per heavy atom. The summed E-state index contributed by atoms with van der Waals surface area (Å²) in [5, 5.41) is 8.96. The van der Waals surface area contributed by atoms with Crippen molar-refractivity contribution < 1.29 is 23.8 Å². The van der Waals surface area contributed by atoms with Crippen LogP contribution in [0.25, 0.3) is 0 Å². The van der Waals surface area contributed by atoms with E-state index in [0.717, 1.165) is 0 Å². The van der Waals surface area contributed by atoms with Gasteiger partial charge in [0.05, 0.1) is 5.56 Å². The lowest BCUT2D eigenvalue weighted by Crippen LogP contribution is -2.45. The minimum atomic E-state index is -1.03. The number of carboxylic acids is 1. The van der Waals surface area contributed by atoms with E-state index in [1.165, 1.54) is 17.2 Å². The van der Waals surface area contributed by atoms with Gasteiger partial charge in [0.25, 0.3) is 5.91 Å². The fourth-order valence-electron chi connectivity index (χ4n) is 2.10. The van der Waals surface area contributed by atoms with Gasteiger partial charge >= 0.3 is 5.97 Å². The molecule has 104 valence electrons. The van der Waals surface area contributed by atoms with Gasteiger partial charge in [-0.3, -0.25) is 9.59 Å². The molecule has 0 atom stereocenters. The van der Waals surface area contributed by atoms with Crippen molar-refractivity contribution in [3.8, 4) is 0 Å². The number of hydrogen-bond donors (Lipinski definition) is 1. The highest BCUT2D eigenvalue weighted by atomic mass is 79.9. The van der Waals surface area contributed by atoms with Crippen LogP contribution in [0.2, 0.25) is 0 Å². The zero-order valence-electron chi connectivity index (χ0n) is 10.2. The van der Waals surface area contributed by atoms with Crippen molar-refractivity contribution in [2.75, 3.05) is 19.8 Å². The fourth-order valence-corrected chi connectivity index (χ4v) is 2.44. The zero-order chi connectivity index (χ0) is 13.8. The summed E-state index contributed by atoms with van der Waals surface area (Å²) < 4.78 is 10.7. The first-order valence-electron chi connectivity index (χ1n) is 5.92. The second-order valence-electron chi connectivity index (χ2n) is 4.31. The second kappa shape index (κ2) is 6.21. The van der Waals surface area contributed by atoms with Crippen LogP contribution in [0.3, 0.4) is 0 Å². The smallest absolute Gasteiger partial charge is 0.323 e. The Balaban J connectivity index is 2.16. The van der Waals surface area contributed by atoms with Crippen molar-refractivity contribution >= 4 is 27.8 Å². The summed E-state index contributed by atoms with van der Waals surface area (Å²) in [4.78, 5) is 24.6. The molecule has 1 aromatic heterocycles. The van der Waals surface area contributed by atoms with Gasteiger partial charge in [-0.15, -0.1) is 0 Å². The van der Waals surface area contributed by atoms with Gasteiger partial charge in [-0.1, -0.05) is 0 Å². The van der Waals surface area contributed by atoms with Gasteiger partial charge in [0, 0.05) is 25.3 Å². The standard InChI is InChI=1S/C12H14BrNO5/c13-10-5-8(7-19-10)12(17)14(6-11(15)16)9-1-3-18-4-2-9/h5,7,9H,1-4,6H2,(H,15,16). The van der Waals surface area contributed by atoms with Crippen LogP contribution < -0.4 is 0 Å². The fraction of sp³-hybridized carbons (Fsp3) is 0.500. The SMILES string of the molecule is O=C(O)CN(C(=O)c1coc(Br)c1)C1CCOCC1. The third-order valence-electron chi connectivity index (χ3n) is 3.01. The molecule has 7 heteroatoms. The van der Waals surface area contributed by atoms with Crippen LogP contribution >= 0.6 is 15.9 Å². The molecular weight excluding hydrogens is 318 g/mol. The molecule has 2 rings (SSSR count). The summed E-state index contributed by atoms with van der Waals surface area (Å²) in [6.07, 6.45) is 2.62. The number of nitrogens with zero attached hydrogens (tertiary/aromatic N) is 1. The van der Waals surface area contributed by atoms with Crippen LogP contribution in [0, 0.1) is 0 Å². The van der Waals surface area contributed by atoms with Gasteiger partial charge in [-0.25, -0.2) is 0 Å². The molecule has 1 aliphatic rings. The summed E-state index contributed by atoms with van der Waals surface area (Å²) >= 11 is 3.12. The van der Waals surface area contributed by atoms with E-state index in [1.807, 2.05) is 0 Å². The number of amides is 1. The van der Waals surface area contributed by atoms with Gasteiger partial charge < -0.3 is 19.2 Å². The molecule has 0 radical (unpaired) electrons. The molecule has 1 fully saturated rings. The first-order chi connectivity index (χ1) is 9.08. The zero-order valence-corrected chi connectivity index (χ0v) is 11.8. The van der Waals surface area contributed by atoms with Crippen LogP contribution in [0.4, 0.5) is 0 Å². The third kappa shape index (κ3) is 3.57. The Kier molecular flexibility index (Phi) is 4.60. The predicted molar refractivity (Wildman–Crippen MR) is 68.9 cm³/mol. The number of aliphatic carboxylic acids is 1. The normalized spacial score (nSPS) is 16.3. The lowest BCUT2D eigenvalue weighted by molar-refractivity contribution is -0.138. The van der Waals surface area contributed by atoms with E-state index in [0.29, 0.717) is 36.3 Å². The minimum absolute atomic E-state index is 0.106. The number of halogens is 1. The Bertz CT molecular complexity index is 466. The Morgan fingerprint density at radius 1 is 1.42 bits per heavy atom. The van der Waals surface area contributed by atoms with Gasteiger partial charge in [-0.2, -0.15) is 0 Å². The topological polar surface area (TPSA) is 80.0 Å². The highest BCUT2D eigenvalue weighted by Crippen LogP contribution is 2.20. The minimum Gasteiger partial charge on any atom is -0.480 e. The molecular formula is C12H14BrNO5. The Hall–Kier alpha value is -1.34. The van der Waals surface area contributed by atoms with Gasteiger partial charge in [0.1, 0.15) is 12.8 Å². The maximum Gasteiger partial charge on any atom is 0.323 e. The van der Waals surface area contributed by atoms with E-state index in [4.69, 9.17) is 14.3 Å². The van der Waals surface area contributed by atoms with Gasteiger partial charge in [-0.05, 0) is 28.8 Å². The van der Waals surface area contributed by atoms with Crippen molar-refractivity contribution in [3.05, 3.63) is 22.6 Å². The van der Waals surface area contributed by atoms with E-state index in [1.54, 1.807) is 0 Å². The maximum atomic E-state index is 12.3. The van der Waals surface area contributed by atoms with E-state index in [-0.39, 0.29) is 18.5 Å². The van der Waals surface area contributed by atoms with Gasteiger partial charge in [0.15, 0.2) is 4.67 Å². The second-order valence-corrected chi connectivity index (χ2v) is 5.09.